The number of likely N-dealkylation sites (tertiary alicyclic amines) is 1. The van der Waals surface area contributed by atoms with Crippen LogP contribution in [0.3, 0.4) is 0 Å². The first-order valence-corrected chi connectivity index (χ1v) is 9.41. The molecule has 138 valence electrons. The Morgan fingerprint density at radius 3 is 2.62 bits per heavy atom. The van der Waals surface area contributed by atoms with Gasteiger partial charge in [-0.15, -0.1) is 0 Å². The predicted octanol–water partition coefficient (Wildman–Crippen LogP) is 2.52. The number of fused-ring (bicyclic) bond motifs is 1. The van der Waals surface area contributed by atoms with E-state index in [0.29, 0.717) is 11.7 Å². The molecule has 7 nitrogen and oxygen atoms in total. The molecule has 1 fully saturated rings. The molecule has 0 unspecified atom stereocenters. The van der Waals surface area contributed by atoms with Gasteiger partial charge < -0.3 is 5.73 Å². The van der Waals surface area contributed by atoms with E-state index >= 15 is 0 Å². The molecule has 0 amide bonds. The minimum atomic E-state index is 0.466. The molecule has 0 radical (unpaired) electrons. The van der Waals surface area contributed by atoms with E-state index in [9.17, 15) is 0 Å². The molecule has 4 heterocycles. The second-order valence-electron chi connectivity index (χ2n) is 7.31. The molecule has 0 spiro atoms. The fourth-order valence-electron chi connectivity index (χ4n) is 3.85. The highest BCUT2D eigenvalue weighted by molar-refractivity contribution is 5.48. The molecule has 1 aliphatic heterocycles. The summed E-state index contributed by atoms with van der Waals surface area (Å²) in [6, 6.07) is 3.98. The van der Waals surface area contributed by atoms with E-state index < -0.39 is 0 Å². The van der Waals surface area contributed by atoms with Gasteiger partial charge in [-0.1, -0.05) is 0 Å². The molecule has 26 heavy (non-hydrogen) atoms. The van der Waals surface area contributed by atoms with Crippen molar-refractivity contribution in [2.24, 2.45) is 0 Å². The van der Waals surface area contributed by atoms with Crippen molar-refractivity contribution in [3.63, 3.8) is 0 Å². The number of nitrogens with zero attached hydrogens (tertiary/aromatic N) is 6. The molecule has 3 aromatic rings. The Morgan fingerprint density at radius 1 is 1.15 bits per heavy atom. The van der Waals surface area contributed by atoms with Gasteiger partial charge in [0.25, 0.3) is 0 Å². The third kappa shape index (κ3) is 3.19. The number of hydrogen-bond donors (Lipinski definition) is 1. The van der Waals surface area contributed by atoms with Gasteiger partial charge in [0.05, 0.1) is 11.4 Å². The molecule has 0 aromatic carbocycles. The Kier molecular flexibility index (Phi) is 4.40. The van der Waals surface area contributed by atoms with Gasteiger partial charge in [0.1, 0.15) is 5.82 Å². The molecular weight excluding hydrogens is 326 g/mol. The fourth-order valence-corrected chi connectivity index (χ4v) is 3.85. The van der Waals surface area contributed by atoms with Crippen LogP contribution in [0.1, 0.15) is 48.3 Å². The minimum absolute atomic E-state index is 0.466. The Balaban J connectivity index is 1.44. The maximum atomic E-state index is 6.18. The normalized spacial score (nSPS) is 16.6. The monoisotopic (exact) mass is 353 g/mol. The van der Waals surface area contributed by atoms with Gasteiger partial charge in [0.2, 0.25) is 0 Å². The number of aromatic nitrogens is 5. The van der Waals surface area contributed by atoms with E-state index in [1.165, 1.54) is 5.56 Å². The van der Waals surface area contributed by atoms with Crippen molar-refractivity contribution in [3.05, 3.63) is 41.0 Å². The molecular formula is C19H27N7. The van der Waals surface area contributed by atoms with Crippen molar-refractivity contribution in [2.75, 3.05) is 18.8 Å². The highest BCUT2D eigenvalue weighted by atomic mass is 15.3. The Morgan fingerprint density at radius 2 is 1.92 bits per heavy atom. The number of piperidine rings is 1. The van der Waals surface area contributed by atoms with Gasteiger partial charge in [0, 0.05) is 48.6 Å². The van der Waals surface area contributed by atoms with Crippen LogP contribution in [0, 0.1) is 13.8 Å². The topological polar surface area (TPSA) is 77.3 Å². The molecule has 1 aliphatic rings. The van der Waals surface area contributed by atoms with Crippen molar-refractivity contribution in [2.45, 2.75) is 52.6 Å². The Bertz CT molecular complexity index is 916. The van der Waals surface area contributed by atoms with E-state index in [1.807, 2.05) is 23.7 Å². The average molecular weight is 353 g/mol. The lowest BCUT2D eigenvalue weighted by Gasteiger charge is -2.31. The van der Waals surface area contributed by atoms with Crippen LogP contribution in [0.2, 0.25) is 0 Å². The molecule has 0 aliphatic carbocycles. The van der Waals surface area contributed by atoms with E-state index in [0.717, 1.165) is 61.7 Å². The minimum Gasteiger partial charge on any atom is -0.384 e. The molecule has 0 atom stereocenters. The summed E-state index contributed by atoms with van der Waals surface area (Å²) >= 11 is 0. The van der Waals surface area contributed by atoms with E-state index in [4.69, 9.17) is 10.7 Å². The van der Waals surface area contributed by atoms with Crippen LogP contribution < -0.4 is 5.73 Å². The van der Waals surface area contributed by atoms with Crippen molar-refractivity contribution in [1.82, 2.24) is 29.3 Å². The first-order chi connectivity index (χ1) is 12.5. The van der Waals surface area contributed by atoms with Crippen LogP contribution in [0.4, 0.5) is 5.82 Å². The van der Waals surface area contributed by atoms with Crippen LogP contribution in [-0.4, -0.2) is 42.4 Å². The summed E-state index contributed by atoms with van der Waals surface area (Å²) < 4.78 is 3.75. The zero-order valence-electron chi connectivity index (χ0n) is 15.8. The van der Waals surface area contributed by atoms with Crippen molar-refractivity contribution >= 4 is 11.5 Å². The zero-order chi connectivity index (χ0) is 18.3. The van der Waals surface area contributed by atoms with E-state index in [1.54, 1.807) is 4.52 Å². The molecule has 4 rings (SSSR count). The smallest absolute Gasteiger partial charge is 0.157 e. The number of nitrogen functional groups attached to an aromatic ring is 1. The van der Waals surface area contributed by atoms with E-state index in [-0.39, 0.29) is 0 Å². The second-order valence-corrected chi connectivity index (χ2v) is 7.31. The van der Waals surface area contributed by atoms with Gasteiger partial charge in [0.15, 0.2) is 5.65 Å². The standard InChI is InChI=1S/C19H27N7/c1-4-25-12-16(14(3)23-25)11-24-7-5-15(6-8-24)17-10-18(20)26-19(21-17)9-13(2)22-26/h9-10,12,15H,4-8,11,20H2,1-3H3. The van der Waals surface area contributed by atoms with Crippen molar-refractivity contribution < 1.29 is 0 Å². The third-order valence-electron chi connectivity index (χ3n) is 5.37. The third-order valence-corrected chi connectivity index (χ3v) is 5.37. The Hall–Kier alpha value is -2.41. The predicted molar refractivity (Wildman–Crippen MR) is 102 cm³/mol. The first kappa shape index (κ1) is 17.0. The van der Waals surface area contributed by atoms with E-state index in [2.05, 4.69) is 35.1 Å². The molecule has 7 heteroatoms. The van der Waals surface area contributed by atoms with Gasteiger partial charge in [-0.05, 0) is 46.7 Å². The maximum Gasteiger partial charge on any atom is 0.157 e. The van der Waals surface area contributed by atoms with Crippen LogP contribution >= 0.6 is 0 Å². The lowest BCUT2D eigenvalue weighted by Crippen LogP contribution is -2.32. The number of rotatable bonds is 4. The fraction of sp³-hybridized carbons (Fsp3) is 0.526. The molecule has 1 saturated heterocycles. The average Bonchev–Trinajstić information content (AvgIpc) is 3.18. The van der Waals surface area contributed by atoms with Gasteiger partial charge in [-0.25, -0.2) is 4.98 Å². The summed E-state index contributed by atoms with van der Waals surface area (Å²) in [5.74, 6) is 1.14. The summed E-state index contributed by atoms with van der Waals surface area (Å²) in [6.07, 6.45) is 4.40. The summed E-state index contributed by atoms with van der Waals surface area (Å²) in [6.45, 7) is 10.2. The van der Waals surface area contributed by atoms with Crippen LogP contribution in [0.5, 0.6) is 0 Å². The van der Waals surface area contributed by atoms with Crippen molar-refractivity contribution in [1.29, 1.82) is 0 Å². The summed E-state index contributed by atoms with van der Waals surface area (Å²) in [5.41, 5.74) is 11.6. The maximum absolute atomic E-state index is 6.18. The quantitative estimate of drug-likeness (QED) is 0.780. The summed E-state index contributed by atoms with van der Waals surface area (Å²) in [7, 11) is 0. The summed E-state index contributed by atoms with van der Waals surface area (Å²) in [5, 5.41) is 8.94. The zero-order valence-corrected chi connectivity index (χ0v) is 15.8. The molecule has 0 bridgehead atoms. The molecule has 0 saturated carbocycles. The number of nitrogens with two attached hydrogens (primary N) is 1. The largest absolute Gasteiger partial charge is 0.384 e. The number of anilines is 1. The van der Waals surface area contributed by atoms with Crippen LogP contribution in [-0.2, 0) is 13.1 Å². The van der Waals surface area contributed by atoms with Gasteiger partial charge >= 0.3 is 0 Å². The molecule has 2 N–H and O–H groups in total. The van der Waals surface area contributed by atoms with Crippen LogP contribution in [0.15, 0.2) is 18.3 Å². The highest BCUT2D eigenvalue weighted by Gasteiger charge is 2.23. The first-order valence-electron chi connectivity index (χ1n) is 9.41. The lowest BCUT2D eigenvalue weighted by molar-refractivity contribution is 0.203. The number of aryl methyl sites for hydroxylation is 3. The highest BCUT2D eigenvalue weighted by Crippen LogP contribution is 2.29. The lowest BCUT2D eigenvalue weighted by atomic mass is 9.93. The number of hydrogen-bond acceptors (Lipinski definition) is 5. The van der Waals surface area contributed by atoms with Crippen molar-refractivity contribution in [3.8, 4) is 0 Å². The molecule has 3 aromatic heterocycles. The van der Waals surface area contributed by atoms with Gasteiger partial charge in [-0.3, -0.25) is 9.58 Å². The Labute approximate surface area is 153 Å². The SMILES string of the molecule is CCn1cc(CN2CCC(c3cc(N)n4nc(C)cc4n3)CC2)c(C)n1. The second kappa shape index (κ2) is 6.72. The van der Waals surface area contributed by atoms with Crippen LogP contribution in [0.25, 0.3) is 5.65 Å². The van der Waals surface area contributed by atoms with Gasteiger partial charge in [-0.2, -0.15) is 14.7 Å². The summed E-state index contributed by atoms with van der Waals surface area (Å²) in [4.78, 5) is 7.33.